The van der Waals surface area contributed by atoms with Gasteiger partial charge in [0.15, 0.2) is 0 Å². The third-order valence-corrected chi connectivity index (χ3v) is 4.70. The van der Waals surface area contributed by atoms with Gasteiger partial charge in [-0.3, -0.25) is 4.79 Å². The fraction of sp³-hybridized carbons (Fsp3) is 0.0800. The highest BCUT2D eigenvalue weighted by atomic mass is 16.5. The Balaban J connectivity index is 1.61. The van der Waals surface area contributed by atoms with Crippen LogP contribution in [0.15, 0.2) is 82.0 Å². The summed E-state index contributed by atoms with van der Waals surface area (Å²) in [5.41, 5.74) is 0.660. The number of ether oxygens (including phenoxy) is 3. The van der Waals surface area contributed by atoms with Gasteiger partial charge in [-0.05, 0) is 55.5 Å². The maximum atomic E-state index is 13.0. The van der Waals surface area contributed by atoms with E-state index in [0.29, 0.717) is 16.9 Å². The molecule has 0 aliphatic heterocycles. The van der Waals surface area contributed by atoms with Crippen LogP contribution < -0.4 is 14.9 Å². The highest BCUT2D eigenvalue weighted by Gasteiger charge is 2.16. The number of benzene rings is 3. The van der Waals surface area contributed by atoms with E-state index in [4.69, 9.17) is 13.9 Å². The molecule has 0 amide bonds. The fourth-order valence-electron chi connectivity index (χ4n) is 3.08. The molecule has 1 aromatic heterocycles. The van der Waals surface area contributed by atoms with Crippen molar-refractivity contribution in [2.45, 2.75) is 6.92 Å². The number of carbonyl (C=O) groups is 2. The largest absolute Gasteiger partial charge is 0.465 e. The number of rotatable bonds is 5. The zero-order chi connectivity index (χ0) is 22.7. The van der Waals surface area contributed by atoms with Crippen LogP contribution in [0.5, 0.6) is 17.2 Å². The van der Waals surface area contributed by atoms with Crippen LogP contribution in [0.1, 0.15) is 26.5 Å². The van der Waals surface area contributed by atoms with Gasteiger partial charge in [0.1, 0.15) is 22.8 Å². The number of hydrogen-bond donors (Lipinski definition) is 0. The molecule has 32 heavy (non-hydrogen) atoms. The third-order valence-electron chi connectivity index (χ3n) is 4.70. The summed E-state index contributed by atoms with van der Waals surface area (Å²) in [6.45, 7) is 1.60. The second-order valence-corrected chi connectivity index (χ2v) is 6.85. The summed E-state index contributed by atoms with van der Waals surface area (Å²) in [6.07, 6.45) is 0. The van der Waals surface area contributed by atoms with Crippen LogP contribution in [-0.2, 0) is 4.74 Å². The zero-order valence-corrected chi connectivity index (χ0v) is 17.3. The quantitative estimate of drug-likeness (QED) is 0.328. The van der Waals surface area contributed by atoms with Gasteiger partial charge in [0, 0.05) is 6.07 Å². The number of esters is 2. The highest BCUT2D eigenvalue weighted by Crippen LogP contribution is 2.28. The minimum atomic E-state index is -0.514. The van der Waals surface area contributed by atoms with E-state index in [1.54, 1.807) is 49.4 Å². The van der Waals surface area contributed by atoms with Gasteiger partial charge < -0.3 is 18.6 Å². The Bertz CT molecular complexity index is 1350. The predicted molar refractivity (Wildman–Crippen MR) is 116 cm³/mol. The summed E-state index contributed by atoms with van der Waals surface area (Å²) in [7, 11) is 1.30. The molecule has 0 fully saturated rings. The molecule has 0 spiro atoms. The highest BCUT2D eigenvalue weighted by molar-refractivity contribution is 5.91. The van der Waals surface area contributed by atoms with Crippen LogP contribution in [0, 0.1) is 6.92 Å². The van der Waals surface area contributed by atoms with Gasteiger partial charge in [-0.15, -0.1) is 0 Å². The van der Waals surface area contributed by atoms with Crippen molar-refractivity contribution in [2.24, 2.45) is 0 Å². The Labute approximate surface area is 182 Å². The van der Waals surface area contributed by atoms with Gasteiger partial charge in [-0.1, -0.05) is 18.2 Å². The molecule has 0 unspecified atom stereocenters. The monoisotopic (exact) mass is 430 g/mol. The molecule has 4 rings (SSSR count). The average Bonchev–Trinajstić information content (AvgIpc) is 2.82. The van der Waals surface area contributed by atoms with Crippen molar-refractivity contribution in [2.75, 3.05) is 7.11 Å². The predicted octanol–water partition coefficient (Wildman–Crippen LogP) is 4.90. The Morgan fingerprint density at radius 2 is 1.47 bits per heavy atom. The molecule has 7 nitrogen and oxygen atoms in total. The number of methoxy groups -OCH3 is 1. The number of hydrogen-bond acceptors (Lipinski definition) is 7. The fourth-order valence-corrected chi connectivity index (χ4v) is 3.08. The third kappa shape index (κ3) is 4.22. The lowest BCUT2D eigenvalue weighted by Crippen LogP contribution is -2.10. The van der Waals surface area contributed by atoms with E-state index in [1.807, 2.05) is 0 Å². The maximum Gasteiger partial charge on any atom is 0.343 e. The summed E-state index contributed by atoms with van der Waals surface area (Å²) < 4.78 is 21.5. The number of aryl methyl sites for hydroxylation is 1. The van der Waals surface area contributed by atoms with Crippen molar-refractivity contribution in [3.8, 4) is 17.2 Å². The number of fused-ring (bicyclic) bond motifs is 1. The van der Waals surface area contributed by atoms with Gasteiger partial charge in [-0.25, -0.2) is 9.59 Å². The van der Waals surface area contributed by atoms with E-state index in [9.17, 15) is 14.4 Å². The van der Waals surface area contributed by atoms with Gasteiger partial charge in [-0.2, -0.15) is 0 Å². The lowest BCUT2D eigenvalue weighted by molar-refractivity contribution is 0.0600. The van der Waals surface area contributed by atoms with E-state index in [-0.39, 0.29) is 33.7 Å². The SMILES string of the molecule is COC(=O)c1ccc(Oc2c(C)oc3cc(OC(=O)c4ccccc4)ccc3c2=O)cc1. The summed E-state index contributed by atoms with van der Waals surface area (Å²) in [6, 6.07) is 19.3. The zero-order valence-electron chi connectivity index (χ0n) is 17.3. The minimum Gasteiger partial charge on any atom is -0.465 e. The molecule has 0 radical (unpaired) electrons. The van der Waals surface area contributed by atoms with Crippen molar-refractivity contribution in [3.63, 3.8) is 0 Å². The molecule has 0 aliphatic rings. The molecule has 0 aliphatic carbocycles. The second kappa shape index (κ2) is 8.77. The lowest BCUT2D eigenvalue weighted by Gasteiger charge is -2.10. The number of carbonyl (C=O) groups excluding carboxylic acids is 2. The van der Waals surface area contributed by atoms with Gasteiger partial charge >= 0.3 is 11.9 Å². The second-order valence-electron chi connectivity index (χ2n) is 6.85. The van der Waals surface area contributed by atoms with Crippen LogP contribution in [0.4, 0.5) is 0 Å². The molecule has 160 valence electrons. The van der Waals surface area contributed by atoms with E-state index < -0.39 is 11.9 Å². The first-order chi connectivity index (χ1) is 15.5. The Morgan fingerprint density at radius 3 is 2.16 bits per heavy atom. The Morgan fingerprint density at radius 1 is 0.812 bits per heavy atom. The first kappa shape index (κ1) is 20.9. The molecule has 7 heteroatoms. The smallest absolute Gasteiger partial charge is 0.343 e. The molecule has 0 atom stereocenters. The van der Waals surface area contributed by atoms with Crippen molar-refractivity contribution < 1.29 is 28.2 Å². The van der Waals surface area contributed by atoms with Crippen molar-refractivity contribution in [3.05, 3.63) is 99.9 Å². The molecule has 0 bridgehead atoms. The van der Waals surface area contributed by atoms with Gasteiger partial charge in [0.2, 0.25) is 11.2 Å². The first-order valence-electron chi connectivity index (χ1n) is 9.67. The molecule has 0 N–H and O–H groups in total. The van der Waals surface area contributed by atoms with Crippen LogP contribution in [0.3, 0.4) is 0 Å². The lowest BCUT2D eigenvalue weighted by atomic mass is 10.2. The van der Waals surface area contributed by atoms with Crippen LogP contribution in [-0.4, -0.2) is 19.0 Å². The molecular formula is C25H18O7. The molecule has 0 saturated heterocycles. The first-order valence-corrected chi connectivity index (χ1v) is 9.67. The standard InChI is InChI=1S/C25H18O7/c1-15-23(31-18-10-8-17(9-11-18)24(27)29-2)22(26)20-13-12-19(14-21(20)30-15)32-25(28)16-6-4-3-5-7-16/h3-14H,1-2H3. The molecular weight excluding hydrogens is 412 g/mol. The summed E-state index contributed by atoms with van der Waals surface area (Å²) in [4.78, 5) is 36.8. The van der Waals surface area contributed by atoms with Crippen molar-refractivity contribution >= 4 is 22.9 Å². The molecule has 3 aromatic carbocycles. The van der Waals surface area contributed by atoms with E-state index in [0.717, 1.165) is 0 Å². The van der Waals surface area contributed by atoms with Crippen LogP contribution >= 0.6 is 0 Å². The normalized spacial score (nSPS) is 10.6. The summed E-state index contributed by atoms with van der Waals surface area (Å²) in [5.74, 6) is -0.0914. The van der Waals surface area contributed by atoms with Crippen molar-refractivity contribution in [1.82, 2.24) is 0 Å². The van der Waals surface area contributed by atoms with E-state index in [1.165, 1.54) is 37.4 Å². The topological polar surface area (TPSA) is 92.0 Å². The molecule has 0 saturated carbocycles. The van der Waals surface area contributed by atoms with Gasteiger partial charge in [0.05, 0.1) is 23.6 Å². The summed E-state index contributed by atoms with van der Waals surface area (Å²) >= 11 is 0. The van der Waals surface area contributed by atoms with Crippen LogP contribution in [0.2, 0.25) is 0 Å². The van der Waals surface area contributed by atoms with E-state index in [2.05, 4.69) is 4.74 Å². The van der Waals surface area contributed by atoms with Crippen LogP contribution in [0.25, 0.3) is 11.0 Å². The van der Waals surface area contributed by atoms with E-state index >= 15 is 0 Å². The maximum absolute atomic E-state index is 13.0. The Hall–Kier alpha value is -4.39. The summed E-state index contributed by atoms with van der Waals surface area (Å²) in [5, 5.41) is 0.274. The van der Waals surface area contributed by atoms with Gasteiger partial charge in [0.25, 0.3) is 0 Å². The average molecular weight is 430 g/mol. The molecule has 4 aromatic rings. The minimum absolute atomic E-state index is 0.0253. The Kier molecular flexibility index (Phi) is 5.72. The van der Waals surface area contributed by atoms with Crippen molar-refractivity contribution in [1.29, 1.82) is 0 Å². The molecule has 1 heterocycles.